The van der Waals surface area contributed by atoms with Crippen LogP contribution in [0, 0.1) is 23.7 Å². The molecular weight excluding hydrogens is 614 g/mol. The largest absolute Gasteiger partial charge is 0.392 e. The zero-order valence-electron chi connectivity index (χ0n) is 28.6. The molecule has 3 aromatic rings. The second kappa shape index (κ2) is 13.8. The molecule has 2 aliphatic heterocycles. The summed E-state index contributed by atoms with van der Waals surface area (Å²) in [5.74, 6) is 2.46. The van der Waals surface area contributed by atoms with Crippen molar-refractivity contribution in [2.45, 2.75) is 95.2 Å². The van der Waals surface area contributed by atoms with E-state index in [1.165, 1.54) is 19.3 Å². The number of likely N-dealkylation sites (tertiary alicyclic amines) is 1. The summed E-state index contributed by atoms with van der Waals surface area (Å²) in [5, 5.41) is 26.4. The van der Waals surface area contributed by atoms with Gasteiger partial charge < -0.3 is 30.3 Å². The highest BCUT2D eigenvalue weighted by Gasteiger charge is 2.51. The number of nitrogens with zero attached hydrogens (tertiary/aromatic N) is 1. The molecule has 3 aromatic carbocycles. The van der Waals surface area contributed by atoms with Crippen LogP contribution < -0.4 is 10.6 Å². The number of hydrogen-bond acceptors (Lipinski definition) is 6. The van der Waals surface area contributed by atoms with E-state index in [9.17, 15) is 15.0 Å². The summed E-state index contributed by atoms with van der Waals surface area (Å²) in [5.41, 5.74) is 6.08. The first-order valence-electron chi connectivity index (χ1n) is 18.5. The smallest absolute Gasteiger partial charge is 0.315 e. The first-order valence-corrected chi connectivity index (χ1v) is 18.5. The quantitative estimate of drug-likeness (QED) is 0.209. The van der Waals surface area contributed by atoms with E-state index in [0.29, 0.717) is 13.1 Å². The van der Waals surface area contributed by atoms with Crippen LogP contribution in [0.4, 0.5) is 4.79 Å². The van der Waals surface area contributed by atoms with Crippen molar-refractivity contribution in [2.75, 3.05) is 19.6 Å². The van der Waals surface area contributed by atoms with Gasteiger partial charge in [0.05, 0.1) is 24.9 Å². The maximum absolute atomic E-state index is 13.1. The second-order valence-corrected chi connectivity index (χ2v) is 15.9. The van der Waals surface area contributed by atoms with Gasteiger partial charge in [0.2, 0.25) is 0 Å². The Kier molecular flexibility index (Phi) is 9.27. The van der Waals surface area contributed by atoms with Gasteiger partial charge in [0.25, 0.3) is 0 Å². The van der Waals surface area contributed by atoms with E-state index in [0.717, 1.165) is 89.9 Å². The number of β-amino-alcohol motifs (C(OH)–C–C–N with tert-alkyl or cyclic N) is 1. The average molecular weight is 666 g/mol. The van der Waals surface area contributed by atoms with Gasteiger partial charge in [-0.05, 0) is 103 Å². The van der Waals surface area contributed by atoms with Crippen LogP contribution in [0.15, 0.2) is 72.8 Å². The molecule has 8 nitrogen and oxygen atoms in total. The topological polar surface area (TPSA) is 103 Å². The Hall–Kier alpha value is -3.27. The van der Waals surface area contributed by atoms with Gasteiger partial charge in [-0.1, -0.05) is 67.6 Å². The highest BCUT2D eigenvalue weighted by molar-refractivity contribution is 5.75. The first kappa shape index (κ1) is 32.9. The van der Waals surface area contributed by atoms with Crippen LogP contribution in [0.1, 0.15) is 86.5 Å². The summed E-state index contributed by atoms with van der Waals surface area (Å²) in [4.78, 5) is 15.4. The monoisotopic (exact) mass is 665 g/mol. The van der Waals surface area contributed by atoms with E-state index in [1.807, 2.05) is 24.3 Å². The molecule has 6 fully saturated rings. The molecule has 5 atom stereocenters. The number of aliphatic hydroxyl groups is 2. The second-order valence-electron chi connectivity index (χ2n) is 15.9. The number of rotatable bonds is 9. The fraction of sp³-hybridized carbons (Fsp3) is 0.537. The number of carbonyl (C=O) groups is 1. The Balaban J connectivity index is 0.964. The molecule has 0 radical (unpaired) electrons. The lowest BCUT2D eigenvalue weighted by Gasteiger charge is -2.56. The molecule has 4 aliphatic carbocycles. The first-order chi connectivity index (χ1) is 23.8. The van der Waals surface area contributed by atoms with Gasteiger partial charge in [-0.2, -0.15) is 0 Å². The third-order valence-electron chi connectivity index (χ3n) is 12.1. The lowest BCUT2D eigenvalue weighted by Crippen LogP contribution is -2.61. The highest BCUT2D eigenvalue weighted by atomic mass is 16.7. The number of urea groups is 1. The Labute approximate surface area is 290 Å². The minimum absolute atomic E-state index is 0.00119. The Morgan fingerprint density at radius 1 is 0.878 bits per heavy atom. The molecule has 4 N–H and O–H groups in total. The summed E-state index contributed by atoms with van der Waals surface area (Å²) in [7, 11) is 0. The van der Waals surface area contributed by atoms with Crippen molar-refractivity contribution >= 4 is 6.03 Å². The number of amides is 2. The van der Waals surface area contributed by atoms with E-state index in [4.69, 9.17) is 9.47 Å². The maximum atomic E-state index is 13.1. The molecule has 2 heterocycles. The minimum atomic E-state index is -0.561. The predicted octanol–water partition coefficient (Wildman–Crippen LogP) is 6.47. The zero-order chi connectivity index (χ0) is 33.5. The third kappa shape index (κ3) is 7.17. The van der Waals surface area contributed by atoms with Gasteiger partial charge in [-0.3, -0.25) is 4.90 Å². The predicted molar refractivity (Wildman–Crippen MR) is 188 cm³/mol. The molecule has 9 rings (SSSR count). The van der Waals surface area contributed by atoms with E-state index in [2.05, 4.69) is 71.0 Å². The van der Waals surface area contributed by atoms with Crippen LogP contribution >= 0.6 is 0 Å². The highest BCUT2D eigenvalue weighted by Crippen LogP contribution is 2.55. The molecular formula is C41H51N3O5. The van der Waals surface area contributed by atoms with Crippen molar-refractivity contribution in [3.05, 3.63) is 95.1 Å². The Morgan fingerprint density at radius 2 is 1.57 bits per heavy atom. The fourth-order valence-electron chi connectivity index (χ4n) is 10.0. The van der Waals surface area contributed by atoms with Crippen molar-refractivity contribution in [3.63, 3.8) is 0 Å². The average Bonchev–Trinajstić information content (AvgIpc) is 3.51. The van der Waals surface area contributed by atoms with Gasteiger partial charge in [-0.25, -0.2) is 4.79 Å². The molecule has 49 heavy (non-hydrogen) atoms. The molecule has 6 aliphatic rings. The molecule has 2 amide bonds. The van der Waals surface area contributed by atoms with Crippen molar-refractivity contribution in [2.24, 2.45) is 23.7 Å². The van der Waals surface area contributed by atoms with Crippen LogP contribution in [0.5, 0.6) is 0 Å². The molecule has 4 bridgehead atoms. The zero-order valence-corrected chi connectivity index (χ0v) is 28.6. The molecule has 5 unspecified atom stereocenters. The summed E-state index contributed by atoms with van der Waals surface area (Å²) in [6.45, 7) is 4.92. The van der Waals surface area contributed by atoms with E-state index in [1.54, 1.807) is 0 Å². The van der Waals surface area contributed by atoms with E-state index >= 15 is 0 Å². The van der Waals surface area contributed by atoms with Gasteiger partial charge in [0.15, 0.2) is 6.29 Å². The Bertz CT molecular complexity index is 1590. The maximum Gasteiger partial charge on any atom is 0.315 e. The number of carbonyl (C=O) groups excluding carboxylic acids is 1. The number of nitrogens with one attached hydrogen (secondary N) is 2. The number of hydrogen-bond donors (Lipinski definition) is 4. The summed E-state index contributed by atoms with van der Waals surface area (Å²) in [6.07, 6.45) is 7.17. The van der Waals surface area contributed by atoms with Gasteiger partial charge >= 0.3 is 6.03 Å². The van der Waals surface area contributed by atoms with E-state index < -0.39 is 6.29 Å². The third-order valence-corrected chi connectivity index (χ3v) is 12.1. The summed E-state index contributed by atoms with van der Waals surface area (Å²) < 4.78 is 13.5. The van der Waals surface area contributed by atoms with Crippen molar-refractivity contribution in [3.8, 4) is 11.1 Å². The summed E-state index contributed by atoms with van der Waals surface area (Å²) >= 11 is 0. The van der Waals surface area contributed by atoms with Crippen LogP contribution in [0.25, 0.3) is 11.1 Å². The van der Waals surface area contributed by atoms with Crippen LogP contribution in [-0.4, -0.2) is 58.5 Å². The number of aliphatic hydroxyl groups excluding tert-OH is 2. The standard InChI is InChI=1S/C41H51N3O5/c1-26-37(24-44-13-12-36(46)23-44)48-39(49-38(26)32-10-8-27(25-45)9-11-32)35-7-3-6-34(18-35)33-5-2-4-28(17-33)22-42-40(47)43-41-19-29-14-30(20-41)16-31(15-29)21-41/h2-11,17-18,26,29-31,36-39,45-46H,12-16,19-25H2,1H3,(H2,42,43,47). The SMILES string of the molecule is CC1C(CN2CCC(O)C2)OC(c2cccc(-c3cccc(CNC(=O)NC45CC6CC(CC(C6)C4)C5)c3)c2)OC1c1ccc(CO)cc1. The lowest BCUT2D eigenvalue weighted by atomic mass is 9.53. The van der Waals surface area contributed by atoms with Gasteiger partial charge in [0, 0.05) is 43.2 Å². The lowest BCUT2D eigenvalue weighted by molar-refractivity contribution is -0.276. The van der Waals surface area contributed by atoms with Crippen molar-refractivity contribution < 1.29 is 24.5 Å². The minimum Gasteiger partial charge on any atom is -0.392 e. The van der Waals surface area contributed by atoms with Crippen LogP contribution in [0.3, 0.4) is 0 Å². The molecule has 260 valence electrons. The molecule has 4 saturated carbocycles. The molecule has 0 aromatic heterocycles. The van der Waals surface area contributed by atoms with Crippen LogP contribution in [-0.2, 0) is 22.6 Å². The van der Waals surface area contributed by atoms with Crippen molar-refractivity contribution in [1.29, 1.82) is 0 Å². The van der Waals surface area contributed by atoms with E-state index in [-0.39, 0.29) is 42.4 Å². The van der Waals surface area contributed by atoms with Crippen molar-refractivity contribution in [1.82, 2.24) is 15.5 Å². The summed E-state index contributed by atoms with van der Waals surface area (Å²) in [6, 6.07) is 24.7. The number of ether oxygens (including phenoxy) is 2. The Morgan fingerprint density at radius 3 is 2.24 bits per heavy atom. The molecule has 0 spiro atoms. The molecule has 2 saturated heterocycles. The van der Waals surface area contributed by atoms with Gasteiger partial charge in [0.1, 0.15) is 0 Å². The normalized spacial score (nSPS) is 33.9. The number of benzene rings is 3. The van der Waals surface area contributed by atoms with Gasteiger partial charge in [-0.15, -0.1) is 0 Å². The van der Waals surface area contributed by atoms with Crippen LogP contribution in [0.2, 0.25) is 0 Å². The molecule has 8 heteroatoms. The fourth-order valence-corrected chi connectivity index (χ4v) is 10.0.